The summed E-state index contributed by atoms with van der Waals surface area (Å²) >= 11 is 8.65. The van der Waals surface area contributed by atoms with Gasteiger partial charge in [-0.15, -0.1) is 0 Å². The molecule has 0 saturated heterocycles. The van der Waals surface area contributed by atoms with Gasteiger partial charge in [-0.2, -0.15) is 25.3 Å². The summed E-state index contributed by atoms with van der Waals surface area (Å²) in [5.41, 5.74) is 0. The average molecular weight is 146 g/mol. The van der Waals surface area contributed by atoms with E-state index in [1.165, 1.54) is 6.42 Å². The number of rotatable bonds is 1. The van der Waals surface area contributed by atoms with Crippen molar-refractivity contribution in [3.8, 4) is 0 Å². The summed E-state index contributed by atoms with van der Waals surface area (Å²) in [5, 5.41) is 0.757. The number of hydrogen-bond acceptors (Lipinski definition) is 2. The summed E-state index contributed by atoms with van der Waals surface area (Å²) in [5.74, 6) is 3.97. The molecule has 0 radical (unpaired) electrons. The molecule has 2 rings (SSSR count). The number of fused-ring (bicyclic) bond motifs is 1. The van der Waals surface area contributed by atoms with Crippen molar-refractivity contribution in [2.24, 2.45) is 17.8 Å². The maximum absolute atomic E-state index is 4.41. The minimum absolute atomic E-state index is 0.757. The van der Waals surface area contributed by atoms with Crippen molar-refractivity contribution in [1.29, 1.82) is 0 Å². The van der Waals surface area contributed by atoms with Gasteiger partial charge >= 0.3 is 0 Å². The van der Waals surface area contributed by atoms with E-state index < -0.39 is 0 Å². The van der Waals surface area contributed by atoms with Crippen molar-refractivity contribution in [2.45, 2.75) is 11.7 Å². The molecule has 0 spiro atoms. The van der Waals surface area contributed by atoms with E-state index in [2.05, 4.69) is 25.3 Å². The molecule has 8 heavy (non-hydrogen) atoms. The maximum atomic E-state index is 4.41. The van der Waals surface area contributed by atoms with Crippen molar-refractivity contribution >= 4 is 25.3 Å². The van der Waals surface area contributed by atoms with Crippen LogP contribution in [0, 0.1) is 17.8 Å². The molecule has 2 fully saturated rings. The summed E-state index contributed by atoms with van der Waals surface area (Å²) in [6.45, 7) is 0. The predicted octanol–water partition coefficient (Wildman–Crippen LogP) is 1.48. The lowest BCUT2D eigenvalue weighted by Gasteiger charge is -2.21. The molecule has 4 unspecified atom stereocenters. The Kier molecular flexibility index (Phi) is 1.10. The average Bonchev–Trinajstić information content (AvgIpc) is 2.09. The Balaban J connectivity index is 1.93. The van der Waals surface area contributed by atoms with E-state index in [4.69, 9.17) is 0 Å². The monoisotopic (exact) mass is 146 g/mol. The van der Waals surface area contributed by atoms with Crippen molar-refractivity contribution in [3.63, 3.8) is 0 Å². The lowest BCUT2D eigenvalue weighted by Crippen LogP contribution is -2.16. The first-order valence-corrected chi connectivity index (χ1v) is 4.28. The molecule has 0 bridgehead atoms. The predicted molar refractivity (Wildman–Crippen MR) is 41.7 cm³/mol. The van der Waals surface area contributed by atoms with Crippen LogP contribution in [-0.2, 0) is 0 Å². The first kappa shape index (κ1) is 5.48. The number of hydrogen-bond donors (Lipinski definition) is 2. The Bertz CT molecular complexity index is 109. The smallest absolute Gasteiger partial charge is 0.00825 e. The van der Waals surface area contributed by atoms with Gasteiger partial charge in [0.15, 0.2) is 0 Å². The van der Waals surface area contributed by atoms with Gasteiger partial charge in [-0.25, -0.2) is 0 Å². The number of thiol groups is 2. The highest BCUT2D eigenvalue weighted by atomic mass is 32.1. The van der Waals surface area contributed by atoms with Crippen LogP contribution in [0.1, 0.15) is 6.42 Å². The van der Waals surface area contributed by atoms with E-state index in [1.807, 2.05) is 0 Å². The molecule has 0 heterocycles. The molecule has 2 aliphatic rings. The third-order valence-corrected chi connectivity index (χ3v) is 3.74. The van der Waals surface area contributed by atoms with Crippen LogP contribution in [0.5, 0.6) is 0 Å². The highest BCUT2D eigenvalue weighted by molar-refractivity contribution is 7.81. The Hall–Kier alpha value is 0.700. The normalized spacial score (nSPS) is 59.2. The van der Waals surface area contributed by atoms with Crippen LogP contribution in [0.2, 0.25) is 0 Å². The molecule has 0 N–H and O–H groups in total. The Labute approximate surface area is 60.9 Å². The third-order valence-electron chi connectivity index (χ3n) is 2.54. The molecule has 46 valence electrons. The summed E-state index contributed by atoms with van der Waals surface area (Å²) in [6.07, 6.45) is 1.41. The van der Waals surface area contributed by atoms with Crippen LogP contribution in [0.4, 0.5) is 0 Å². The van der Waals surface area contributed by atoms with Crippen LogP contribution in [0.25, 0.3) is 0 Å². The summed E-state index contributed by atoms with van der Waals surface area (Å²) < 4.78 is 0. The molecule has 0 nitrogen and oxygen atoms in total. The largest absolute Gasteiger partial charge is 0.179 e. The van der Waals surface area contributed by atoms with Crippen molar-refractivity contribution in [1.82, 2.24) is 0 Å². The van der Waals surface area contributed by atoms with Gasteiger partial charge in [0.2, 0.25) is 0 Å². The fraction of sp³-hybridized carbons (Fsp3) is 1.00. The lowest BCUT2D eigenvalue weighted by molar-refractivity contribution is 0.324. The maximum Gasteiger partial charge on any atom is 0.00825 e. The third kappa shape index (κ3) is 0.508. The summed E-state index contributed by atoms with van der Waals surface area (Å²) in [6, 6.07) is 0. The first-order chi connectivity index (χ1) is 3.84. The van der Waals surface area contributed by atoms with E-state index in [0.717, 1.165) is 28.8 Å². The van der Waals surface area contributed by atoms with E-state index in [1.54, 1.807) is 0 Å². The van der Waals surface area contributed by atoms with Gasteiger partial charge in [0.25, 0.3) is 0 Å². The molecule has 0 aromatic carbocycles. The zero-order valence-electron chi connectivity index (χ0n) is 4.62. The SMILES string of the molecule is SCC1CC2C(S)C12. The van der Waals surface area contributed by atoms with Gasteiger partial charge in [-0.1, -0.05) is 0 Å². The first-order valence-electron chi connectivity index (χ1n) is 3.13. The van der Waals surface area contributed by atoms with Crippen LogP contribution in [-0.4, -0.2) is 11.0 Å². The second-order valence-corrected chi connectivity index (χ2v) is 3.87. The van der Waals surface area contributed by atoms with E-state index in [-0.39, 0.29) is 0 Å². The van der Waals surface area contributed by atoms with Gasteiger partial charge in [0, 0.05) is 5.25 Å². The topological polar surface area (TPSA) is 0 Å². The highest BCUT2D eigenvalue weighted by Gasteiger charge is 2.60. The molecule has 2 saturated carbocycles. The second kappa shape index (κ2) is 1.60. The van der Waals surface area contributed by atoms with E-state index in [0.29, 0.717) is 0 Å². The molecule has 2 aliphatic carbocycles. The van der Waals surface area contributed by atoms with Crippen molar-refractivity contribution < 1.29 is 0 Å². The molecule has 0 aromatic rings. The van der Waals surface area contributed by atoms with Crippen LogP contribution in [0.3, 0.4) is 0 Å². The second-order valence-electron chi connectivity index (χ2n) is 2.91. The van der Waals surface area contributed by atoms with Crippen LogP contribution in [0.15, 0.2) is 0 Å². The molecular formula is C6H10S2. The lowest BCUT2D eigenvalue weighted by atomic mass is 9.87. The zero-order chi connectivity index (χ0) is 5.72. The van der Waals surface area contributed by atoms with Gasteiger partial charge in [0.1, 0.15) is 0 Å². The molecule has 0 aliphatic heterocycles. The summed E-state index contributed by atoms with van der Waals surface area (Å²) in [4.78, 5) is 0. The van der Waals surface area contributed by atoms with Gasteiger partial charge in [-0.05, 0) is 29.9 Å². The highest BCUT2D eigenvalue weighted by Crippen LogP contribution is 2.62. The standard InChI is InChI=1S/C6H10S2/c7-2-3-1-4-5(3)6(4)8/h3-8H,1-2H2. The fourth-order valence-corrected chi connectivity index (χ4v) is 2.89. The Morgan fingerprint density at radius 3 is 2.38 bits per heavy atom. The fourth-order valence-electron chi connectivity index (χ4n) is 1.81. The minimum atomic E-state index is 0.757. The van der Waals surface area contributed by atoms with Gasteiger partial charge in [-0.3, -0.25) is 0 Å². The van der Waals surface area contributed by atoms with Crippen molar-refractivity contribution in [3.05, 3.63) is 0 Å². The van der Waals surface area contributed by atoms with Crippen LogP contribution >= 0.6 is 25.3 Å². The zero-order valence-corrected chi connectivity index (χ0v) is 6.41. The summed E-state index contributed by atoms with van der Waals surface area (Å²) in [7, 11) is 0. The molecule has 4 atom stereocenters. The van der Waals surface area contributed by atoms with E-state index in [9.17, 15) is 0 Å². The quantitative estimate of drug-likeness (QED) is 0.514. The molecule has 0 amide bonds. The van der Waals surface area contributed by atoms with Gasteiger partial charge < -0.3 is 0 Å². The Morgan fingerprint density at radius 1 is 1.50 bits per heavy atom. The van der Waals surface area contributed by atoms with Gasteiger partial charge in [0.05, 0.1) is 0 Å². The van der Waals surface area contributed by atoms with E-state index >= 15 is 0 Å². The molecular weight excluding hydrogens is 136 g/mol. The van der Waals surface area contributed by atoms with Crippen LogP contribution < -0.4 is 0 Å². The molecule has 0 aromatic heterocycles. The van der Waals surface area contributed by atoms with Crippen molar-refractivity contribution in [2.75, 3.05) is 5.75 Å². The Morgan fingerprint density at radius 2 is 2.25 bits per heavy atom. The molecule has 2 heteroatoms. The minimum Gasteiger partial charge on any atom is -0.179 e.